The number of amides is 1. The number of hydrogen-bond acceptors (Lipinski definition) is 3. The first-order chi connectivity index (χ1) is 13.1. The zero-order chi connectivity index (χ0) is 19.2. The summed E-state index contributed by atoms with van der Waals surface area (Å²) in [4.78, 5) is 23.3. The van der Waals surface area contributed by atoms with Gasteiger partial charge in [0.05, 0.1) is 0 Å². The average molecular weight is 432 g/mol. The number of alkyl carbamates (subject to hydrolysis) is 1. The summed E-state index contributed by atoms with van der Waals surface area (Å²) >= 11 is 0.444. The quantitative estimate of drug-likeness (QED) is 0.620. The van der Waals surface area contributed by atoms with Crippen molar-refractivity contribution < 1.29 is 19.4 Å². The molecule has 0 saturated carbocycles. The molecule has 0 saturated heterocycles. The first-order valence-electron chi connectivity index (χ1n) is 8.92. The molecule has 0 aromatic heterocycles. The zero-order valence-corrected chi connectivity index (χ0v) is 16.9. The molecule has 142 valence electrons. The van der Waals surface area contributed by atoms with Gasteiger partial charge >= 0.3 is 165 Å². The van der Waals surface area contributed by atoms with Gasteiger partial charge in [0.1, 0.15) is 0 Å². The molecule has 0 unspecified atom stereocenters. The standard InChI is InChI=1S/C21H23NO4Se/c1-27-11-10-14(12-20(23)24)22-21(25)26-13-19-17-8-4-2-6-15(17)16-7-3-5-9-18(16)19/h2-9,14,19H,10-13H2,1H3,(H,22,25)(H,23,24)/t14-/m1/s1. The maximum absolute atomic E-state index is 12.3. The monoisotopic (exact) mass is 433 g/mol. The van der Waals surface area contributed by atoms with Crippen molar-refractivity contribution in [2.24, 2.45) is 0 Å². The Balaban J connectivity index is 1.65. The molecule has 1 atom stereocenters. The van der Waals surface area contributed by atoms with Crippen LogP contribution in [-0.4, -0.2) is 44.8 Å². The van der Waals surface area contributed by atoms with Crippen LogP contribution in [0.2, 0.25) is 11.1 Å². The van der Waals surface area contributed by atoms with Crippen LogP contribution in [0.4, 0.5) is 4.79 Å². The molecule has 0 bridgehead atoms. The van der Waals surface area contributed by atoms with E-state index in [2.05, 4.69) is 35.4 Å². The average Bonchev–Trinajstić information content (AvgIpc) is 2.98. The van der Waals surface area contributed by atoms with E-state index in [1.54, 1.807) is 0 Å². The molecule has 0 spiro atoms. The molecule has 0 fully saturated rings. The number of rotatable bonds is 8. The predicted molar refractivity (Wildman–Crippen MR) is 105 cm³/mol. The molecule has 2 N–H and O–H groups in total. The summed E-state index contributed by atoms with van der Waals surface area (Å²) in [5, 5.41) is 12.7. The molecule has 0 aliphatic heterocycles. The Morgan fingerprint density at radius 1 is 1.11 bits per heavy atom. The second-order valence-corrected chi connectivity index (χ2v) is 8.61. The van der Waals surface area contributed by atoms with Gasteiger partial charge in [-0.1, -0.05) is 0 Å². The van der Waals surface area contributed by atoms with Crippen molar-refractivity contribution in [3.05, 3.63) is 59.7 Å². The normalized spacial score (nSPS) is 13.5. The third-order valence-corrected chi connectivity index (χ3v) is 6.11. The van der Waals surface area contributed by atoms with Crippen molar-refractivity contribution in [1.82, 2.24) is 5.32 Å². The van der Waals surface area contributed by atoms with E-state index in [0.717, 1.165) is 16.4 Å². The van der Waals surface area contributed by atoms with Crippen LogP contribution in [0.1, 0.15) is 29.9 Å². The van der Waals surface area contributed by atoms with Gasteiger partial charge in [-0.25, -0.2) is 0 Å². The van der Waals surface area contributed by atoms with Crippen molar-refractivity contribution in [1.29, 1.82) is 0 Å². The van der Waals surface area contributed by atoms with Crippen molar-refractivity contribution in [2.75, 3.05) is 6.61 Å². The number of hydrogen-bond donors (Lipinski definition) is 2. The molecule has 27 heavy (non-hydrogen) atoms. The summed E-state index contributed by atoms with van der Waals surface area (Å²) in [5.74, 6) is 1.18. The molecular formula is C21H23NO4Se. The first-order valence-corrected chi connectivity index (χ1v) is 11.8. The summed E-state index contributed by atoms with van der Waals surface area (Å²) in [6, 6.07) is 15.9. The molecule has 2 aromatic carbocycles. The van der Waals surface area contributed by atoms with Gasteiger partial charge in [-0.2, -0.15) is 0 Å². The zero-order valence-electron chi connectivity index (χ0n) is 15.2. The van der Waals surface area contributed by atoms with Crippen LogP contribution in [-0.2, 0) is 9.53 Å². The Morgan fingerprint density at radius 3 is 2.26 bits per heavy atom. The molecule has 0 radical (unpaired) electrons. The van der Waals surface area contributed by atoms with Crippen molar-refractivity contribution >= 4 is 27.0 Å². The van der Waals surface area contributed by atoms with Gasteiger partial charge in [0.25, 0.3) is 0 Å². The summed E-state index contributed by atoms with van der Waals surface area (Å²) in [7, 11) is 0. The minimum atomic E-state index is -0.914. The Bertz CT molecular complexity index is 778. The van der Waals surface area contributed by atoms with Gasteiger partial charge in [-0.3, -0.25) is 0 Å². The van der Waals surface area contributed by atoms with Crippen LogP contribution in [0, 0.1) is 0 Å². The predicted octanol–water partition coefficient (Wildman–Crippen LogP) is 3.93. The van der Waals surface area contributed by atoms with Crippen LogP contribution < -0.4 is 5.32 Å². The van der Waals surface area contributed by atoms with E-state index in [4.69, 9.17) is 9.84 Å². The van der Waals surface area contributed by atoms with Crippen LogP contribution in [0.3, 0.4) is 0 Å². The van der Waals surface area contributed by atoms with Crippen LogP contribution in [0.15, 0.2) is 48.5 Å². The van der Waals surface area contributed by atoms with Gasteiger partial charge < -0.3 is 0 Å². The summed E-state index contributed by atoms with van der Waals surface area (Å²) in [5.41, 5.74) is 4.66. The number of carboxylic acids is 1. The number of fused-ring (bicyclic) bond motifs is 3. The molecule has 3 rings (SSSR count). The Labute approximate surface area is 165 Å². The van der Waals surface area contributed by atoms with Gasteiger partial charge in [0, 0.05) is 0 Å². The topological polar surface area (TPSA) is 75.6 Å². The van der Waals surface area contributed by atoms with E-state index in [1.807, 2.05) is 24.3 Å². The van der Waals surface area contributed by atoms with Gasteiger partial charge in [0.15, 0.2) is 0 Å². The molecule has 1 aliphatic carbocycles. The summed E-state index contributed by atoms with van der Waals surface area (Å²) in [6.07, 6.45) is 0.0273. The van der Waals surface area contributed by atoms with Crippen LogP contribution in [0.25, 0.3) is 11.1 Å². The molecule has 2 aromatic rings. The number of carbonyl (C=O) groups is 2. The summed E-state index contributed by atoms with van der Waals surface area (Å²) < 4.78 is 5.49. The minimum absolute atomic E-state index is 0.0000453. The number of aliphatic carboxylic acids is 1. The fourth-order valence-corrected chi connectivity index (χ4v) is 4.59. The van der Waals surface area contributed by atoms with Crippen molar-refractivity contribution in [3.63, 3.8) is 0 Å². The molecule has 6 heteroatoms. The fraction of sp³-hybridized carbons (Fsp3) is 0.333. The van der Waals surface area contributed by atoms with E-state index in [-0.39, 0.29) is 25.0 Å². The molecule has 1 aliphatic rings. The van der Waals surface area contributed by atoms with Crippen molar-refractivity contribution in [3.8, 4) is 11.1 Å². The van der Waals surface area contributed by atoms with E-state index in [1.165, 1.54) is 11.1 Å². The second kappa shape index (κ2) is 9.07. The van der Waals surface area contributed by atoms with Crippen LogP contribution in [0.5, 0.6) is 0 Å². The Kier molecular flexibility index (Phi) is 6.54. The number of nitrogens with one attached hydrogen (secondary N) is 1. The summed E-state index contributed by atoms with van der Waals surface area (Å²) in [6.45, 7) is 0.233. The van der Waals surface area contributed by atoms with E-state index >= 15 is 0 Å². The molecule has 1 amide bonds. The Morgan fingerprint density at radius 2 is 1.70 bits per heavy atom. The van der Waals surface area contributed by atoms with Gasteiger partial charge in [-0.05, 0) is 0 Å². The number of benzene rings is 2. The molecule has 0 heterocycles. The fourth-order valence-electron chi connectivity index (χ4n) is 3.50. The SMILES string of the molecule is C[Se]CC[C@H](CC(=O)O)NC(=O)OCC1c2ccccc2-c2ccccc21. The van der Waals surface area contributed by atoms with Gasteiger partial charge in [-0.15, -0.1) is 0 Å². The van der Waals surface area contributed by atoms with E-state index in [9.17, 15) is 9.59 Å². The number of ether oxygens (including phenoxy) is 1. The van der Waals surface area contributed by atoms with Crippen molar-refractivity contribution in [2.45, 2.75) is 35.9 Å². The Hall–Kier alpha value is -2.30. The number of carboxylic acid groups (broad SMARTS) is 1. The molecule has 5 nitrogen and oxygen atoms in total. The third kappa shape index (κ3) is 4.71. The third-order valence-electron chi connectivity index (χ3n) is 4.76. The number of carbonyl (C=O) groups excluding carboxylic acids is 1. The van der Waals surface area contributed by atoms with Gasteiger partial charge in [0.2, 0.25) is 0 Å². The van der Waals surface area contributed by atoms with E-state index in [0.29, 0.717) is 21.4 Å². The second-order valence-electron chi connectivity index (χ2n) is 6.55. The maximum atomic E-state index is 12.3. The van der Waals surface area contributed by atoms with E-state index < -0.39 is 12.1 Å². The molecular weight excluding hydrogens is 409 g/mol. The van der Waals surface area contributed by atoms with Crippen LogP contribution >= 0.6 is 0 Å². The first kappa shape index (κ1) is 19.5.